The van der Waals surface area contributed by atoms with Crippen LogP contribution in [0.1, 0.15) is 12.8 Å². The number of piperidine rings is 1. The minimum Gasteiger partial charge on any atom is -0.306 e. The van der Waals surface area contributed by atoms with Gasteiger partial charge in [0.05, 0.1) is 5.03 Å². The molecule has 2 rings (SSSR count). The summed E-state index contributed by atoms with van der Waals surface area (Å²) in [6.45, 7) is 2.46. The Labute approximate surface area is 106 Å². The molecule has 0 aliphatic carbocycles. The van der Waals surface area contributed by atoms with Crippen LogP contribution in [0.3, 0.4) is 0 Å². The monoisotopic (exact) mass is 256 g/mol. The Morgan fingerprint density at radius 2 is 2.44 bits per heavy atom. The lowest BCUT2D eigenvalue weighted by Crippen LogP contribution is -2.33. The fourth-order valence-electron chi connectivity index (χ4n) is 2.08. The highest BCUT2D eigenvalue weighted by atomic mass is 35.5. The number of hydrogen-bond acceptors (Lipinski definition) is 3. The van der Waals surface area contributed by atoms with E-state index in [0.29, 0.717) is 5.15 Å². The van der Waals surface area contributed by atoms with Gasteiger partial charge in [0.1, 0.15) is 5.15 Å². The molecule has 1 aromatic rings. The normalized spacial score (nSPS) is 22.2. The molecular weight excluding hydrogens is 240 g/mol. The molecule has 0 bridgehead atoms. The number of hydrogen-bond donors (Lipinski definition) is 0. The molecule has 1 aromatic heterocycles. The van der Waals surface area contributed by atoms with Crippen LogP contribution in [0.2, 0.25) is 5.15 Å². The van der Waals surface area contributed by atoms with Gasteiger partial charge in [-0.3, -0.25) is 0 Å². The predicted molar refractivity (Wildman–Crippen MR) is 70.2 cm³/mol. The Bertz CT molecular complexity index is 346. The van der Waals surface area contributed by atoms with Crippen molar-refractivity contribution in [3.63, 3.8) is 0 Å². The zero-order valence-electron chi connectivity index (χ0n) is 9.53. The summed E-state index contributed by atoms with van der Waals surface area (Å²) in [6.07, 6.45) is 2.67. The SMILES string of the molecule is CN1CCC[C@H](CSc2cccc(Cl)n2)C1. The Hall–Kier alpha value is -0.250. The summed E-state index contributed by atoms with van der Waals surface area (Å²) in [5.74, 6) is 1.95. The summed E-state index contributed by atoms with van der Waals surface area (Å²) in [7, 11) is 2.20. The Kier molecular flexibility index (Phi) is 4.50. The minimum absolute atomic E-state index is 0.589. The molecule has 0 radical (unpaired) electrons. The number of likely N-dealkylation sites (tertiary alicyclic amines) is 1. The number of halogens is 1. The van der Waals surface area contributed by atoms with Crippen LogP contribution in [0.5, 0.6) is 0 Å². The van der Waals surface area contributed by atoms with Crippen LogP contribution in [0.15, 0.2) is 23.2 Å². The van der Waals surface area contributed by atoms with Crippen LogP contribution in [0.4, 0.5) is 0 Å². The van der Waals surface area contributed by atoms with Crippen molar-refractivity contribution < 1.29 is 0 Å². The molecule has 1 aliphatic heterocycles. The zero-order valence-corrected chi connectivity index (χ0v) is 11.1. The maximum absolute atomic E-state index is 5.86. The topological polar surface area (TPSA) is 16.1 Å². The highest BCUT2D eigenvalue weighted by molar-refractivity contribution is 7.99. The van der Waals surface area contributed by atoms with Gasteiger partial charge in [0.25, 0.3) is 0 Å². The first-order valence-corrected chi connectivity index (χ1v) is 7.04. The molecule has 16 heavy (non-hydrogen) atoms. The third-order valence-electron chi connectivity index (χ3n) is 2.88. The van der Waals surface area contributed by atoms with Crippen molar-refractivity contribution in [2.24, 2.45) is 5.92 Å². The van der Waals surface area contributed by atoms with Gasteiger partial charge in [-0.15, -0.1) is 11.8 Å². The first-order chi connectivity index (χ1) is 7.74. The van der Waals surface area contributed by atoms with Gasteiger partial charge >= 0.3 is 0 Å². The molecule has 0 saturated carbocycles. The van der Waals surface area contributed by atoms with E-state index in [9.17, 15) is 0 Å². The highest BCUT2D eigenvalue weighted by Gasteiger charge is 2.17. The zero-order chi connectivity index (χ0) is 11.4. The Balaban J connectivity index is 1.82. The first-order valence-electron chi connectivity index (χ1n) is 5.68. The summed E-state index contributed by atoms with van der Waals surface area (Å²) in [4.78, 5) is 6.71. The van der Waals surface area contributed by atoms with Crippen LogP contribution in [-0.2, 0) is 0 Å². The lowest BCUT2D eigenvalue weighted by Gasteiger charge is -2.29. The second-order valence-electron chi connectivity index (χ2n) is 4.38. The van der Waals surface area contributed by atoms with E-state index in [1.165, 1.54) is 25.9 Å². The molecule has 0 amide bonds. The summed E-state index contributed by atoms with van der Waals surface area (Å²) in [6, 6.07) is 5.81. The maximum Gasteiger partial charge on any atom is 0.130 e. The second-order valence-corrected chi connectivity index (χ2v) is 5.81. The average molecular weight is 257 g/mol. The fraction of sp³-hybridized carbons (Fsp3) is 0.583. The van der Waals surface area contributed by atoms with Gasteiger partial charge in [-0.25, -0.2) is 4.98 Å². The van der Waals surface area contributed by atoms with Gasteiger partial charge in [-0.05, 0) is 44.5 Å². The molecule has 1 atom stereocenters. The predicted octanol–water partition coefficient (Wildman–Crippen LogP) is 3.17. The second kappa shape index (κ2) is 5.89. The number of aromatic nitrogens is 1. The van der Waals surface area contributed by atoms with E-state index < -0.39 is 0 Å². The van der Waals surface area contributed by atoms with Crippen molar-refractivity contribution in [2.75, 3.05) is 25.9 Å². The number of thioether (sulfide) groups is 1. The van der Waals surface area contributed by atoms with Gasteiger partial charge < -0.3 is 4.90 Å². The van der Waals surface area contributed by atoms with Crippen LogP contribution < -0.4 is 0 Å². The molecule has 2 heterocycles. The average Bonchev–Trinajstić information content (AvgIpc) is 2.27. The number of pyridine rings is 1. The molecule has 88 valence electrons. The molecule has 1 aliphatic rings. The number of rotatable bonds is 3. The fourth-order valence-corrected chi connectivity index (χ4v) is 3.31. The van der Waals surface area contributed by atoms with Crippen LogP contribution in [0, 0.1) is 5.92 Å². The van der Waals surface area contributed by atoms with E-state index in [-0.39, 0.29) is 0 Å². The van der Waals surface area contributed by atoms with Crippen LogP contribution in [-0.4, -0.2) is 35.8 Å². The van der Waals surface area contributed by atoms with Crippen LogP contribution in [0.25, 0.3) is 0 Å². The molecule has 1 fully saturated rings. The maximum atomic E-state index is 5.86. The first kappa shape index (κ1) is 12.2. The van der Waals surface area contributed by atoms with E-state index in [0.717, 1.165) is 16.7 Å². The van der Waals surface area contributed by atoms with Gasteiger partial charge in [-0.2, -0.15) is 0 Å². The molecule has 2 nitrogen and oxygen atoms in total. The van der Waals surface area contributed by atoms with Crippen LogP contribution >= 0.6 is 23.4 Å². The molecular formula is C12H17ClN2S. The third-order valence-corrected chi connectivity index (χ3v) is 4.25. The smallest absolute Gasteiger partial charge is 0.130 e. The molecule has 0 unspecified atom stereocenters. The molecule has 0 aromatic carbocycles. The van der Waals surface area contributed by atoms with Crippen molar-refractivity contribution in [1.29, 1.82) is 0 Å². The quantitative estimate of drug-likeness (QED) is 0.611. The van der Waals surface area contributed by atoms with Crippen molar-refractivity contribution >= 4 is 23.4 Å². The van der Waals surface area contributed by atoms with Gasteiger partial charge in [0.15, 0.2) is 0 Å². The molecule has 0 N–H and O–H groups in total. The molecule has 4 heteroatoms. The highest BCUT2D eigenvalue weighted by Crippen LogP contribution is 2.24. The van der Waals surface area contributed by atoms with Crippen molar-refractivity contribution in [1.82, 2.24) is 9.88 Å². The lowest BCUT2D eigenvalue weighted by atomic mass is 10.0. The largest absolute Gasteiger partial charge is 0.306 e. The third kappa shape index (κ3) is 3.65. The van der Waals surface area contributed by atoms with E-state index in [4.69, 9.17) is 11.6 Å². The van der Waals surface area contributed by atoms with E-state index >= 15 is 0 Å². The molecule has 1 saturated heterocycles. The Morgan fingerprint density at radius 1 is 1.56 bits per heavy atom. The standard InChI is InChI=1S/C12H17ClN2S/c1-15-7-3-4-10(8-15)9-16-12-6-2-5-11(13)14-12/h2,5-6,10H,3-4,7-9H2,1H3/t10-/m0/s1. The van der Waals surface area contributed by atoms with Crippen molar-refractivity contribution in [3.8, 4) is 0 Å². The van der Waals surface area contributed by atoms with Gasteiger partial charge in [-0.1, -0.05) is 17.7 Å². The van der Waals surface area contributed by atoms with Crippen molar-refractivity contribution in [2.45, 2.75) is 17.9 Å². The summed E-state index contributed by atoms with van der Waals surface area (Å²) in [5, 5.41) is 1.63. The number of nitrogens with zero attached hydrogens (tertiary/aromatic N) is 2. The van der Waals surface area contributed by atoms with Gasteiger partial charge in [0.2, 0.25) is 0 Å². The van der Waals surface area contributed by atoms with E-state index in [1.54, 1.807) is 0 Å². The Morgan fingerprint density at radius 3 is 3.19 bits per heavy atom. The van der Waals surface area contributed by atoms with E-state index in [2.05, 4.69) is 16.9 Å². The van der Waals surface area contributed by atoms with Gasteiger partial charge in [0, 0.05) is 12.3 Å². The summed E-state index contributed by atoms with van der Waals surface area (Å²) < 4.78 is 0. The molecule has 0 spiro atoms. The van der Waals surface area contributed by atoms with E-state index in [1.807, 2.05) is 30.0 Å². The summed E-state index contributed by atoms with van der Waals surface area (Å²) >= 11 is 7.68. The lowest BCUT2D eigenvalue weighted by molar-refractivity contribution is 0.224. The summed E-state index contributed by atoms with van der Waals surface area (Å²) in [5.41, 5.74) is 0. The van der Waals surface area contributed by atoms with Crippen molar-refractivity contribution in [3.05, 3.63) is 23.4 Å². The minimum atomic E-state index is 0.589.